The van der Waals surface area contributed by atoms with Gasteiger partial charge in [-0.25, -0.2) is 0 Å². The van der Waals surface area contributed by atoms with Crippen LogP contribution in [0.4, 0.5) is 5.69 Å². The molecule has 84 valence electrons. The fourth-order valence-corrected chi connectivity index (χ4v) is 1.83. The Hall–Kier alpha value is -0.420. The molecule has 0 unspecified atom stereocenters. The molecule has 15 heavy (non-hydrogen) atoms. The van der Waals surface area contributed by atoms with Crippen molar-refractivity contribution in [3.05, 3.63) is 23.2 Å². The van der Waals surface area contributed by atoms with Crippen LogP contribution in [0.5, 0.6) is 0 Å². The Bertz CT molecular complexity index is 347. The number of thioether (sulfide) groups is 1. The minimum absolute atomic E-state index is 0. The molecule has 0 aliphatic heterocycles. The molecule has 1 aromatic carbocycles. The van der Waals surface area contributed by atoms with Crippen LogP contribution in [0.3, 0.4) is 0 Å². The van der Waals surface area contributed by atoms with Gasteiger partial charge in [-0.2, -0.15) is 0 Å². The standard InChI is InChI=1S/C9H11ClN2OS.ClH/c1-14-8-3-2-6(4-7(8)10)12-9(13)5-11;/h2-4H,5,11H2,1H3,(H,12,13);1H. The minimum Gasteiger partial charge on any atom is -0.325 e. The lowest BCUT2D eigenvalue weighted by atomic mass is 10.3. The van der Waals surface area contributed by atoms with Crippen LogP contribution in [0.2, 0.25) is 5.02 Å². The highest BCUT2D eigenvalue weighted by Gasteiger charge is 2.02. The van der Waals surface area contributed by atoms with Crippen molar-refractivity contribution >= 4 is 47.4 Å². The summed E-state index contributed by atoms with van der Waals surface area (Å²) in [4.78, 5) is 11.9. The van der Waals surface area contributed by atoms with Crippen molar-refractivity contribution in [2.24, 2.45) is 5.73 Å². The summed E-state index contributed by atoms with van der Waals surface area (Å²) in [6.45, 7) is -0.0259. The molecule has 0 spiro atoms. The van der Waals surface area contributed by atoms with Gasteiger partial charge in [0.2, 0.25) is 5.91 Å². The zero-order chi connectivity index (χ0) is 10.6. The highest BCUT2D eigenvalue weighted by atomic mass is 35.5. The third-order valence-electron chi connectivity index (χ3n) is 1.62. The van der Waals surface area contributed by atoms with Gasteiger partial charge < -0.3 is 11.1 Å². The zero-order valence-electron chi connectivity index (χ0n) is 8.12. The molecule has 0 aliphatic carbocycles. The van der Waals surface area contributed by atoms with Crippen LogP contribution in [0.1, 0.15) is 0 Å². The van der Waals surface area contributed by atoms with E-state index in [1.165, 1.54) is 0 Å². The van der Waals surface area contributed by atoms with E-state index in [1.54, 1.807) is 23.9 Å². The first-order chi connectivity index (χ1) is 6.67. The minimum atomic E-state index is -0.224. The Kier molecular flexibility index (Phi) is 6.76. The molecule has 0 aromatic heterocycles. The number of benzene rings is 1. The normalized spacial score (nSPS) is 9.27. The van der Waals surface area contributed by atoms with Crippen molar-refractivity contribution in [3.63, 3.8) is 0 Å². The third kappa shape index (κ3) is 4.30. The van der Waals surface area contributed by atoms with E-state index in [0.29, 0.717) is 10.7 Å². The number of halogens is 2. The average molecular weight is 267 g/mol. The summed E-state index contributed by atoms with van der Waals surface area (Å²) in [7, 11) is 0. The van der Waals surface area contributed by atoms with E-state index < -0.39 is 0 Å². The molecular formula is C9H12Cl2N2OS. The number of nitrogens with one attached hydrogen (secondary N) is 1. The van der Waals surface area contributed by atoms with Gasteiger partial charge in [0.05, 0.1) is 11.6 Å². The molecule has 0 bridgehead atoms. The van der Waals surface area contributed by atoms with Gasteiger partial charge in [0.15, 0.2) is 0 Å². The highest BCUT2D eigenvalue weighted by molar-refractivity contribution is 7.98. The number of amides is 1. The van der Waals surface area contributed by atoms with E-state index in [4.69, 9.17) is 17.3 Å². The predicted molar refractivity (Wildman–Crippen MR) is 68.2 cm³/mol. The Labute approximate surface area is 104 Å². The molecule has 0 radical (unpaired) electrons. The van der Waals surface area contributed by atoms with Crippen LogP contribution >= 0.6 is 35.8 Å². The molecule has 1 aromatic rings. The number of hydrogen-bond acceptors (Lipinski definition) is 3. The van der Waals surface area contributed by atoms with Crippen LogP contribution in [-0.2, 0) is 4.79 Å². The Morgan fingerprint density at radius 2 is 2.27 bits per heavy atom. The molecule has 0 saturated heterocycles. The van der Waals surface area contributed by atoms with E-state index in [9.17, 15) is 4.79 Å². The van der Waals surface area contributed by atoms with Crippen molar-refractivity contribution in [3.8, 4) is 0 Å². The van der Waals surface area contributed by atoms with Crippen LogP contribution in [0.15, 0.2) is 23.1 Å². The highest BCUT2D eigenvalue weighted by Crippen LogP contribution is 2.27. The summed E-state index contributed by atoms with van der Waals surface area (Å²) in [5.74, 6) is -0.224. The topological polar surface area (TPSA) is 55.1 Å². The first kappa shape index (κ1) is 14.6. The SMILES string of the molecule is CSc1ccc(NC(=O)CN)cc1Cl.Cl. The molecule has 6 heteroatoms. The van der Waals surface area contributed by atoms with Crippen molar-refractivity contribution in [1.29, 1.82) is 0 Å². The number of hydrogen-bond donors (Lipinski definition) is 2. The fraction of sp³-hybridized carbons (Fsp3) is 0.222. The van der Waals surface area contributed by atoms with Gasteiger partial charge in [-0.15, -0.1) is 24.2 Å². The van der Waals surface area contributed by atoms with Gasteiger partial charge in [-0.05, 0) is 24.5 Å². The van der Waals surface area contributed by atoms with E-state index in [0.717, 1.165) is 4.90 Å². The maximum absolute atomic E-state index is 11.0. The summed E-state index contributed by atoms with van der Waals surface area (Å²) in [6, 6.07) is 5.37. The summed E-state index contributed by atoms with van der Waals surface area (Å²) in [6.07, 6.45) is 1.94. The predicted octanol–water partition coefficient (Wildman–Crippen LogP) is 2.38. The monoisotopic (exact) mass is 266 g/mol. The molecule has 0 aliphatic rings. The summed E-state index contributed by atoms with van der Waals surface area (Å²) >= 11 is 7.51. The van der Waals surface area contributed by atoms with Crippen LogP contribution in [0.25, 0.3) is 0 Å². The lowest BCUT2D eigenvalue weighted by molar-refractivity contribution is -0.114. The molecule has 0 fully saturated rings. The van der Waals surface area contributed by atoms with Crippen LogP contribution in [0, 0.1) is 0 Å². The Balaban J connectivity index is 0.00000196. The molecule has 0 heterocycles. The van der Waals surface area contributed by atoms with Crippen molar-refractivity contribution < 1.29 is 4.79 Å². The van der Waals surface area contributed by atoms with Gasteiger partial charge in [0.1, 0.15) is 0 Å². The second kappa shape index (κ2) is 6.95. The quantitative estimate of drug-likeness (QED) is 0.827. The second-order valence-corrected chi connectivity index (χ2v) is 3.86. The average Bonchev–Trinajstić information content (AvgIpc) is 2.18. The zero-order valence-corrected chi connectivity index (χ0v) is 10.5. The smallest absolute Gasteiger partial charge is 0.238 e. The van der Waals surface area contributed by atoms with Gasteiger partial charge in [0.25, 0.3) is 0 Å². The van der Waals surface area contributed by atoms with E-state index in [1.807, 2.05) is 12.3 Å². The first-order valence-electron chi connectivity index (χ1n) is 4.01. The van der Waals surface area contributed by atoms with Crippen molar-refractivity contribution in [2.45, 2.75) is 4.90 Å². The molecule has 3 N–H and O–H groups in total. The summed E-state index contributed by atoms with van der Waals surface area (Å²) in [5.41, 5.74) is 5.83. The van der Waals surface area contributed by atoms with E-state index >= 15 is 0 Å². The summed E-state index contributed by atoms with van der Waals surface area (Å²) < 4.78 is 0. The number of nitrogens with two attached hydrogens (primary N) is 1. The van der Waals surface area contributed by atoms with Gasteiger partial charge in [-0.1, -0.05) is 11.6 Å². The Morgan fingerprint density at radius 1 is 1.60 bits per heavy atom. The van der Waals surface area contributed by atoms with Gasteiger partial charge in [-0.3, -0.25) is 4.79 Å². The molecular weight excluding hydrogens is 255 g/mol. The largest absolute Gasteiger partial charge is 0.325 e. The Morgan fingerprint density at radius 3 is 2.73 bits per heavy atom. The van der Waals surface area contributed by atoms with Gasteiger partial charge in [0, 0.05) is 10.6 Å². The maximum atomic E-state index is 11.0. The lowest BCUT2D eigenvalue weighted by Gasteiger charge is -2.05. The molecule has 1 rings (SSSR count). The first-order valence-corrected chi connectivity index (χ1v) is 5.61. The number of anilines is 1. The van der Waals surface area contributed by atoms with Crippen LogP contribution < -0.4 is 11.1 Å². The van der Waals surface area contributed by atoms with Crippen LogP contribution in [-0.4, -0.2) is 18.7 Å². The maximum Gasteiger partial charge on any atom is 0.238 e. The third-order valence-corrected chi connectivity index (χ3v) is 2.84. The number of carbonyl (C=O) groups excluding carboxylic acids is 1. The lowest BCUT2D eigenvalue weighted by Crippen LogP contribution is -2.21. The van der Waals surface area contributed by atoms with E-state index in [-0.39, 0.29) is 24.9 Å². The molecule has 3 nitrogen and oxygen atoms in total. The van der Waals surface area contributed by atoms with Crippen molar-refractivity contribution in [2.75, 3.05) is 18.1 Å². The second-order valence-electron chi connectivity index (χ2n) is 2.60. The van der Waals surface area contributed by atoms with Crippen molar-refractivity contribution in [1.82, 2.24) is 0 Å². The fourth-order valence-electron chi connectivity index (χ4n) is 0.956. The van der Waals surface area contributed by atoms with E-state index in [2.05, 4.69) is 5.32 Å². The summed E-state index contributed by atoms with van der Waals surface area (Å²) in [5, 5.41) is 3.26. The molecule has 0 saturated carbocycles. The molecule has 1 amide bonds. The number of carbonyl (C=O) groups is 1. The molecule has 0 atom stereocenters. The van der Waals surface area contributed by atoms with Gasteiger partial charge >= 0.3 is 0 Å². The number of rotatable bonds is 3.